The highest BCUT2D eigenvalue weighted by atomic mass is 16.5. The zero-order valence-corrected chi connectivity index (χ0v) is 21.7. The number of fused-ring (bicyclic) bond motifs is 2. The maximum absolute atomic E-state index is 13.8. The molecule has 2 atom stereocenters. The minimum Gasteiger partial charge on any atom is -0.497 e. The van der Waals surface area contributed by atoms with Gasteiger partial charge in [0.25, 0.3) is 11.8 Å². The maximum Gasteiger partial charge on any atom is 0.272 e. The van der Waals surface area contributed by atoms with E-state index in [0.717, 1.165) is 70.9 Å². The van der Waals surface area contributed by atoms with Gasteiger partial charge in [-0.1, -0.05) is 38.3 Å². The van der Waals surface area contributed by atoms with E-state index in [9.17, 15) is 9.59 Å². The Hall–Kier alpha value is -3.09. The van der Waals surface area contributed by atoms with Crippen LogP contribution in [0.15, 0.2) is 42.6 Å². The average Bonchev–Trinajstić information content (AvgIpc) is 2.92. The van der Waals surface area contributed by atoms with Crippen molar-refractivity contribution in [2.24, 2.45) is 0 Å². The van der Waals surface area contributed by atoms with Crippen molar-refractivity contribution in [1.82, 2.24) is 14.8 Å². The molecule has 2 aliphatic rings. The molecule has 7 nitrogen and oxygen atoms in total. The number of nitrogens with zero attached hydrogens (tertiary/aromatic N) is 3. The van der Waals surface area contributed by atoms with Crippen LogP contribution < -0.4 is 9.47 Å². The zero-order chi connectivity index (χ0) is 25.3. The molecule has 1 fully saturated rings. The molecule has 1 saturated carbocycles. The topological polar surface area (TPSA) is 72.0 Å². The molecule has 2 aromatic rings. The number of aromatic nitrogens is 1. The van der Waals surface area contributed by atoms with E-state index in [2.05, 4.69) is 11.9 Å². The number of para-hydroxylation sites is 1. The Kier molecular flexibility index (Phi) is 9.20. The van der Waals surface area contributed by atoms with Crippen molar-refractivity contribution >= 4 is 11.8 Å². The monoisotopic (exact) mass is 493 g/mol. The van der Waals surface area contributed by atoms with Crippen molar-refractivity contribution in [2.75, 3.05) is 26.7 Å². The Balaban J connectivity index is 1.67. The molecule has 0 bridgehead atoms. The molecule has 0 radical (unpaired) electrons. The average molecular weight is 494 g/mol. The molecule has 0 saturated heterocycles. The first-order valence-electron chi connectivity index (χ1n) is 13.5. The molecule has 1 aliphatic carbocycles. The highest BCUT2D eigenvalue weighted by Crippen LogP contribution is 2.31. The SMILES string of the molecule is CCCN1CCCCCCN(C(=O)c2cc(OC)ccn2)[C@@H]2CCCC[C@@H]2Oc2ccccc2C1=O. The summed E-state index contributed by atoms with van der Waals surface area (Å²) in [6, 6.07) is 11.0. The molecule has 4 rings (SSSR count). The van der Waals surface area contributed by atoms with Crippen LogP contribution >= 0.6 is 0 Å². The van der Waals surface area contributed by atoms with Gasteiger partial charge < -0.3 is 19.3 Å². The van der Waals surface area contributed by atoms with Gasteiger partial charge in [0.1, 0.15) is 23.3 Å². The first kappa shape index (κ1) is 26.0. The van der Waals surface area contributed by atoms with Gasteiger partial charge in [-0.2, -0.15) is 0 Å². The first-order valence-corrected chi connectivity index (χ1v) is 13.5. The van der Waals surface area contributed by atoms with Crippen LogP contribution in [-0.2, 0) is 0 Å². The highest BCUT2D eigenvalue weighted by molar-refractivity contribution is 5.97. The second-order valence-corrected chi connectivity index (χ2v) is 9.79. The smallest absolute Gasteiger partial charge is 0.272 e. The lowest BCUT2D eigenvalue weighted by atomic mass is 9.90. The van der Waals surface area contributed by atoms with Crippen LogP contribution in [-0.4, -0.2) is 65.5 Å². The molecule has 2 heterocycles. The molecule has 0 N–H and O–H groups in total. The molecular formula is C29H39N3O4. The number of benzene rings is 1. The molecular weight excluding hydrogens is 454 g/mol. The molecule has 36 heavy (non-hydrogen) atoms. The second kappa shape index (κ2) is 12.7. The highest BCUT2D eigenvalue weighted by Gasteiger charge is 2.36. The van der Waals surface area contributed by atoms with E-state index in [1.807, 2.05) is 34.1 Å². The summed E-state index contributed by atoms with van der Waals surface area (Å²) in [7, 11) is 1.59. The van der Waals surface area contributed by atoms with Crippen molar-refractivity contribution in [3.63, 3.8) is 0 Å². The fourth-order valence-corrected chi connectivity index (χ4v) is 5.39. The van der Waals surface area contributed by atoms with Crippen LogP contribution in [0, 0.1) is 0 Å². The Bertz CT molecular complexity index is 1030. The molecule has 1 aliphatic heterocycles. The standard InChI is InChI=1S/C29H39N3O4/c1-3-18-31-19-10-4-5-11-20-32(29(34)24-21-22(35-2)16-17-30-24)25-13-7-9-15-27(25)36-26-14-8-6-12-23(26)28(31)33/h6,8,12,14,16-17,21,25,27H,3-5,7,9-11,13,15,18-20H2,1-2H3/t25-,27+/m1/s1. The van der Waals surface area contributed by atoms with E-state index in [1.165, 1.54) is 0 Å². The number of amides is 2. The van der Waals surface area contributed by atoms with Gasteiger partial charge in [-0.05, 0) is 56.7 Å². The predicted molar refractivity (Wildman–Crippen MR) is 140 cm³/mol. The lowest BCUT2D eigenvalue weighted by molar-refractivity contribution is 0.0262. The third-order valence-electron chi connectivity index (χ3n) is 7.27. The quantitative estimate of drug-likeness (QED) is 0.574. The Morgan fingerprint density at radius 1 is 1.06 bits per heavy atom. The minimum atomic E-state index is -0.176. The van der Waals surface area contributed by atoms with Crippen LogP contribution in [0.25, 0.3) is 0 Å². The predicted octanol–water partition coefficient (Wildman–Crippen LogP) is 5.35. The zero-order valence-electron chi connectivity index (χ0n) is 21.7. The molecule has 2 amide bonds. The van der Waals surface area contributed by atoms with E-state index in [1.54, 1.807) is 25.4 Å². The maximum atomic E-state index is 13.8. The van der Waals surface area contributed by atoms with Gasteiger partial charge in [-0.15, -0.1) is 0 Å². The number of rotatable bonds is 4. The number of hydrogen-bond donors (Lipinski definition) is 0. The van der Waals surface area contributed by atoms with Gasteiger partial charge in [0, 0.05) is 31.9 Å². The van der Waals surface area contributed by atoms with Crippen LogP contribution in [0.2, 0.25) is 0 Å². The third-order valence-corrected chi connectivity index (χ3v) is 7.27. The van der Waals surface area contributed by atoms with E-state index >= 15 is 0 Å². The van der Waals surface area contributed by atoms with Crippen LogP contribution in [0.4, 0.5) is 0 Å². The van der Waals surface area contributed by atoms with Crippen LogP contribution in [0.1, 0.15) is 85.6 Å². The first-order chi connectivity index (χ1) is 17.6. The molecule has 194 valence electrons. The lowest BCUT2D eigenvalue weighted by Crippen LogP contribution is -2.51. The van der Waals surface area contributed by atoms with Gasteiger partial charge in [-0.3, -0.25) is 14.6 Å². The molecule has 7 heteroatoms. The van der Waals surface area contributed by atoms with E-state index in [0.29, 0.717) is 29.3 Å². The fourth-order valence-electron chi connectivity index (χ4n) is 5.39. The molecule has 1 aromatic carbocycles. The number of pyridine rings is 1. The van der Waals surface area contributed by atoms with Gasteiger partial charge in [0.15, 0.2) is 0 Å². The van der Waals surface area contributed by atoms with Crippen LogP contribution in [0.5, 0.6) is 11.5 Å². The van der Waals surface area contributed by atoms with Gasteiger partial charge >= 0.3 is 0 Å². The summed E-state index contributed by atoms with van der Waals surface area (Å²) >= 11 is 0. The van der Waals surface area contributed by atoms with E-state index in [-0.39, 0.29) is 24.0 Å². The normalized spacial score (nSPS) is 21.6. The Morgan fingerprint density at radius 3 is 2.64 bits per heavy atom. The lowest BCUT2D eigenvalue weighted by Gasteiger charge is -2.40. The second-order valence-electron chi connectivity index (χ2n) is 9.79. The number of carbonyl (C=O) groups excluding carboxylic acids is 2. The largest absolute Gasteiger partial charge is 0.497 e. The summed E-state index contributed by atoms with van der Waals surface area (Å²) in [5, 5.41) is 0. The van der Waals surface area contributed by atoms with Crippen molar-refractivity contribution < 1.29 is 19.1 Å². The van der Waals surface area contributed by atoms with E-state index < -0.39 is 0 Å². The van der Waals surface area contributed by atoms with Crippen molar-refractivity contribution in [1.29, 1.82) is 0 Å². The summed E-state index contributed by atoms with van der Waals surface area (Å²) in [6.45, 7) is 4.26. The number of hydrogen-bond acceptors (Lipinski definition) is 5. The summed E-state index contributed by atoms with van der Waals surface area (Å²) in [5.41, 5.74) is 1.00. The summed E-state index contributed by atoms with van der Waals surface area (Å²) in [4.78, 5) is 35.6. The van der Waals surface area contributed by atoms with Gasteiger partial charge in [0.2, 0.25) is 0 Å². The molecule has 1 aromatic heterocycles. The third kappa shape index (κ3) is 6.18. The number of ether oxygens (including phenoxy) is 2. The van der Waals surface area contributed by atoms with Crippen molar-refractivity contribution in [3.05, 3.63) is 53.9 Å². The summed E-state index contributed by atoms with van der Waals surface area (Å²) in [5.74, 6) is 1.19. The molecule has 0 unspecified atom stereocenters. The van der Waals surface area contributed by atoms with Crippen LogP contribution in [0.3, 0.4) is 0 Å². The van der Waals surface area contributed by atoms with Gasteiger partial charge in [0.05, 0.1) is 18.7 Å². The Morgan fingerprint density at radius 2 is 1.83 bits per heavy atom. The summed E-state index contributed by atoms with van der Waals surface area (Å²) < 4.78 is 12.0. The van der Waals surface area contributed by atoms with Crippen molar-refractivity contribution in [2.45, 2.75) is 76.9 Å². The minimum absolute atomic E-state index is 0.0328. The molecule has 0 spiro atoms. The fraction of sp³-hybridized carbons (Fsp3) is 0.552. The van der Waals surface area contributed by atoms with Crippen molar-refractivity contribution in [3.8, 4) is 11.5 Å². The summed E-state index contributed by atoms with van der Waals surface area (Å²) in [6.07, 6.45) is 10.1. The number of carbonyl (C=O) groups is 2. The van der Waals surface area contributed by atoms with Gasteiger partial charge in [-0.25, -0.2) is 0 Å². The number of methoxy groups -OCH3 is 1. The Labute approximate surface area is 214 Å². The van der Waals surface area contributed by atoms with E-state index in [4.69, 9.17) is 9.47 Å².